The maximum Gasteiger partial charge on any atom is 0.257 e. The van der Waals surface area contributed by atoms with Crippen LogP contribution in [0.25, 0.3) is 0 Å². The van der Waals surface area contributed by atoms with Crippen LogP contribution in [0.15, 0.2) is 36.9 Å². The van der Waals surface area contributed by atoms with Crippen LogP contribution in [0.3, 0.4) is 0 Å². The van der Waals surface area contributed by atoms with Crippen molar-refractivity contribution in [2.24, 2.45) is 0 Å². The van der Waals surface area contributed by atoms with Crippen LogP contribution in [0.5, 0.6) is 0 Å². The minimum atomic E-state index is -0.274. The normalized spacial score (nSPS) is 9.50. The van der Waals surface area contributed by atoms with Gasteiger partial charge in [-0.05, 0) is 24.6 Å². The zero-order valence-electron chi connectivity index (χ0n) is 10.9. The second-order valence-electron chi connectivity index (χ2n) is 4.03. The second kappa shape index (κ2) is 6.45. The van der Waals surface area contributed by atoms with Gasteiger partial charge in [-0.2, -0.15) is 0 Å². The van der Waals surface area contributed by atoms with Gasteiger partial charge in [-0.1, -0.05) is 11.8 Å². The lowest BCUT2D eigenvalue weighted by atomic mass is 10.1. The van der Waals surface area contributed by atoms with Crippen molar-refractivity contribution in [3.8, 4) is 11.8 Å². The van der Waals surface area contributed by atoms with Crippen LogP contribution in [0, 0.1) is 18.8 Å². The second-order valence-corrected chi connectivity index (χ2v) is 4.03. The van der Waals surface area contributed by atoms with Crippen molar-refractivity contribution >= 4 is 11.6 Å². The lowest BCUT2D eigenvalue weighted by Gasteiger charge is -2.08. The molecule has 2 N–H and O–H groups in total. The Balaban J connectivity index is 2.28. The van der Waals surface area contributed by atoms with Crippen molar-refractivity contribution in [2.75, 3.05) is 11.9 Å². The van der Waals surface area contributed by atoms with Gasteiger partial charge in [0.25, 0.3) is 5.91 Å². The Kier molecular flexibility index (Phi) is 4.43. The van der Waals surface area contributed by atoms with Crippen molar-refractivity contribution in [3.05, 3.63) is 53.6 Å². The van der Waals surface area contributed by atoms with Crippen LogP contribution in [0.1, 0.15) is 21.5 Å². The van der Waals surface area contributed by atoms with E-state index in [0.29, 0.717) is 16.8 Å². The van der Waals surface area contributed by atoms with Crippen LogP contribution in [-0.2, 0) is 0 Å². The number of amides is 1. The molecule has 0 aliphatic carbocycles. The molecule has 20 heavy (non-hydrogen) atoms. The molecule has 5 nitrogen and oxygen atoms in total. The highest BCUT2D eigenvalue weighted by atomic mass is 16.2. The highest BCUT2D eigenvalue weighted by molar-refractivity contribution is 6.06. The first-order valence-electron chi connectivity index (χ1n) is 5.98. The molecule has 2 heterocycles. The van der Waals surface area contributed by atoms with Crippen molar-refractivity contribution in [1.82, 2.24) is 9.97 Å². The third-order valence-corrected chi connectivity index (χ3v) is 2.64. The minimum Gasteiger partial charge on any atom is -0.384 e. The summed E-state index contributed by atoms with van der Waals surface area (Å²) in [6.07, 6.45) is 6.31. The number of anilines is 1. The first-order chi connectivity index (χ1) is 9.72. The quantitative estimate of drug-likeness (QED) is 0.806. The van der Waals surface area contributed by atoms with E-state index < -0.39 is 0 Å². The first-order valence-corrected chi connectivity index (χ1v) is 5.98. The molecule has 5 heteroatoms. The summed E-state index contributed by atoms with van der Waals surface area (Å²) in [7, 11) is 0. The lowest BCUT2D eigenvalue weighted by Crippen LogP contribution is -2.14. The number of carbonyl (C=O) groups is 1. The Hall–Kier alpha value is -2.71. The van der Waals surface area contributed by atoms with Gasteiger partial charge in [-0.15, -0.1) is 0 Å². The topological polar surface area (TPSA) is 75.1 Å². The number of aryl methyl sites for hydroxylation is 1. The predicted octanol–water partition coefficient (Wildman–Crippen LogP) is 1.38. The molecule has 0 saturated carbocycles. The van der Waals surface area contributed by atoms with Gasteiger partial charge < -0.3 is 10.4 Å². The van der Waals surface area contributed by atoms with Gasteiger partial charge in [0.2, 0.25) is 0 Å². The molecule has 0 bridgehead atoms. The van der Waals surface area contributed by atoms with Crippen LogP contribution in [-0.4, -0.2) is 27.6 Å². The third kappa shape index (κ3) is 3.19. The fraction of sp³-hybridized carbons (Fsp3) is 0.133. The number of hydrogen-bond acceptors (Lipinski definition) is 4. The van der Waals surface area contributed by atoms with E-state index in [1.807, 2.05) is 6.92 Å². The summed E-state index contributed by atoms with van der Waals surface area (Å²) in [6, 6.07) is 3.32. The maximum absolute atomic E-state index is 12.3. The van der Waals surface area contributed by atoms with Gasteiger partial charge in [0.15, 0.2) is 0 Å². The van der Waals surface area contributed by atoms with E-state index in [1.165, 1.54) is 12.4 Å². The number of carbonyl (C=O) groups excluding carboxylic acids is 1. The van der Waals surface area contributed by atoms with E-state index in [4.69, 9.17) is 5.11 Å². The molecule has 0 aromatic carbocycles. The number of aliphatic hydroxyl groups is 1. The number of pyridine rings is 2. The SMILES string of the molecule is Cc1cnccc1NC(=O)c1ccncc1C#CCO. The summed E-state index contributed by atoms with van der Waals surface area (Å²) >= 11 is 0. The van der Waals surface area contributed by atoms with Gasteiger partial charge >= 0.3 is 0 Å². The summed E-state index contributed by atoms with van der Waals surface area (Å²) in [5.41, 5.74) is 2.46. The van der Waals surface area contributed by atoms with Crippen molar-refractivity contribution < 1.29 is 9.90 Å². The monoisotopic (exact) mass is 267 g/mol. The van der Waals surface area contributed by atoms with E-state index in [0.717, 1.165) is 5.56 Å². The molecule has 2 rings (SSSR count). The molecule has 0 unspecified atom stereocenters. The number of nitrogens with one attached hydrogen (secondary N) is 1. The molecule has 1 amide bonds. The zero-order chi connectivity index (χ0) is 14.4. The van der Waals surface area contributed by atoms with E-state index in [1.54, 1.807) is 24.5 Å². The first kappa shape index (κ1) is 13.7. The van der Waals surface area contributed by atoms with E-state index in [-0.39, 0.29) is 12.5 Å². The highest BCUT2D eigenvalue weighted by Gasteiger charge is 2.11. The Morgan fingerprint density at radius 3 is 2.80 bits per heavy atom. The van der Waals surface area contributed by atoms with E-state index in [2.05, 4.69) is 27.1 Å². The molecule has 2 aromatic rings. The Morgan fingerprint density at radius 1 is 1.30 bits per heavy atom. The Labute approximate surface area is 116 Å². The molecular weight excluding hydrogens is 254 g/mol. The summed E-state index contributed by atoms with van der Waals surface area (Å²) in [4.78, 5) is 20.2. The number of aromatic nitrogens is 2. The third-order valence-electron chi connectivity index (χ3n) is 2.64. The maximum atomic E-state index is 12.3. The predicted molar refractivity (Wildman–Crippen MR) is 75.1 cm³/mol. The minimum absolute atomic E-state index is 0.264. The van der Waals surface area contributed by atoms with Crippen LogP contribution < -0.4 is 5.32 Å². The summed E-state index contributed by atoms with van der Waals surface area (Å²) in [5, 5.41) is 11.5. The molecule has 2 aromatic heterocycles. The molecule has 0 fully saturated rings. The molecular formula is C15H13N3O2. The zero-order valence-corrected chi connectivity index (χ0v) is 10.9. The van der Waals surface area contributed by atoms with Gasteiger partial charge in [-0.3, -0.25) is 14.8 Å². The molecule has 0 radical (unpaired) electrons. The van der Waals surface area contributed by atoms with E-state index >= 15 is 0 Å². The average Bonchev–Trinajstić information content (AvgIpc) is 2.47. The number of rotatable bonds is 2. The largest absolute Gasteiger partial charge is 0.384 e. The Morgan fingerprint density at radius 2 is 2.05 bits per heavy atom. The summed E-state index contributed by atoms with van der Waals surface area (Å²) < 4.78 is 0. The van der Waals surface area contributed by atoms with Crippen LogP contribution in [0.2, 0.25) is 0 Å². The van der Waals surface area contributed by atoms with Gasteiger partial charge in [0.05, 0.1) is 11.1 Å². The smallest absolute Gasteiger partial charge is 0.257 e. The van der Waals surface area contributed by atoms with Gasteiger partial charge in [0.1, 0.15) is 6.61 Å². The number of nitrogens with zero attached hydrogens (tertiary/aromatic N) is 2. The van der Waals surface area contributed by atoms with Gasteiger partial charge in [-0.25, -0.2) is 0 Å². The molecule has 100 valence electrons. The average molecular weight is 267 g/mol. The highest BCUT2D eigenvalue weighted by Crippen LogP contribution is 2.14. The summed E-state index contributed by atoms with van der Waals surface area (Å²) in [6.45, 7) is 1.60. The van der Waals surface area contributed by atoms with Crippen molar-refractivity contribution in [3.63, 3.8) is 0 Å². The number of aliphatic hydroxyl groups excluding tert-OH is 1. The van der Waals surface area contributed by atoms with Crippen molar-refractivity contribution in [2.45, 2.75) is 6.92 Å². The van der Waals surface area contributed by atoms with Crippen LogP contribution in [0.4, 0.5) is 5.69 Å². The fourth-order valence-corrected chi connectivity index (χ4v) is 1.63. The Bertz CT molecular complexity index is 687. The van der Waals surface area contributed by atoms with E-state index in [9.17, 15) is 4.79 Å². The molecule has 0 aliphatic rings. The number of hydrogen-bond donors (Lipinski definition) is 2. The standard InChI is InChI=1S/C15H13N3O2/c1-11-9-16-7-5-14(11)18-15(20)13-4-6-17-10-12(13)3-2-8-19/h4-7,9-10,19H,8H2,1H3,(H,16,18,20). The molecule has 0 saturated heterocycles. The molecule has 0 atom stereocenters. The molecule has 0 aliphatic heterocycles. The lowest BCUT2D eigenvalue weighted by molar-refractivity contribution is 0.102. The fourth-order valence-electron chi connectivity index (χ4n) is 1.63. The summed E-state index contributed by atoms with van der Waals surface area (Å²) in [5.74, 6) is 4.95. The molecule has 0 spiro atoms. The van der Waals surface area contributed by atoms with Gasteiger partial charge in [0, 0.05) is 30.5 Å². The van der Waals surface area contributed by atoms with Crippen LogP contribution >= 0.6 is 0 Å². The van der Waals surface area contributed by atoms with Crippen molar-refractivity contribution in [1.29, 1.82) is 0 Å².